The molecule has 0 amide bonds. The molecule has 8 heteroatoms. The fraction of sp³-hybridized carbons (Fsp3) is 0.889. The van der Waals surface area contributed by atoms with Crippen molar-refractivity contribution in [2.24, 2.45) is 11.8 Å². The van der Waals surface area contributed by atoms with Gasteiger partial charge >= 0.3 is 18.3 Å². The van der Waals surface area contributed by atoms with Crippen LogP contribution >= 0.6 is 0 Å². The number of hydrogen-bond donors (Lipinski definition) is 0. The molecule has 0 aromatic carbocycles. The maximum Gasteiger partial charge on any atom is 0.411 e. The molecular weight excluding hydrogens is 254 g/mol. The van der Waals surface area contributed by atoms with Gasteiger partial charge in [0, 0.05) is 0 Å². The summed E-state index contributed by atoms with van der Waals surface area (Å²) in [6.07, 6.45) is -11.2. The Kier molecular flexibility index (Phi) is 5.28. The minimum absolute atomic E-state index is 0.0121. The summed E-state index contributed by atoms with van der Waals surface area (Å²) >= 11 is 0. The van der Waals surface area contributed by atoms with Crippen molar-refractivity contribution in [2.75, 3.05) is 6.61 Å². The van der Waals surface area contributed by atoms with E-state index in [0.717, 1.165) is 0 Å². The van der Waals surface area contributed by atoms with E-state index in [4.69, 9.17) is 0 Å². The third-order valence-electron chi connectivity index (χ3n) is 1.83. The lowest BCUT2D eigenvalue weighted by molar-refractivity contribution is -0.281. The minimum atomic E-state index is -5.69. The van der Waals surface area contributed by atoms with Crippen LogP contribution < -0.4 is 0 Å². The van der Waals surface area contributed by atoms with Crippen LogP contribution in [0.3, 0.4) is 0 Å². The van der Waals surface area contributed by atoms with Crippen molar-refractivity contribution >= 4 is 5.97 Å². The van der Waals surface area contributed by atoms with Crippen LogP contribution in [-0.2, 0) is 9.53 Å². The second kappa shape index (κ2) is 5.59. The third-order valence-corrected chi connectivity index (χ3v) is 1.83. The van der Waals surface area contributed by atoms with Crippen LogP contribution in [0.4, 0.5) is 26.3 Å². The molecule has 0 aliphatic rings. The highest BCUT2D eigenvalue weighted by atomic mass is 19.4. The highest BCUT2D eigenvalue weighted by Crippen LogP contribution is 2.39. The molecule has 2 nitrogen and oxygen atoms in total. The van der Waals surface area contributed by atoms with Crippen LogP contribution in [-0.4, -0.2) is 24.9 Å². The fourth-order valence-electron chi connectivity index (χ4n) is 0.931. The van der Waals surface area contributed by atoms with E-state index in [1.165, 1.54) is 0 Å². The zero-order valence-electron chi connectivity index (χ0n) is 9.15. The summed E-state index contributed by atoms with van der Waals surface area (Å²) in [4.78, 5) is 10.8. The maximum absolute atomic E-state index is 12.0. The molecule has 102 valence electrons. The van der Waals surface area contributed by atoms with E-state index in [2.05, 4.69) is 4.74 Å². The standard InChI is InChI=1S/C9H12F6O2/c1-5(2)3-4-17-7(16)6(8(10,11)12)9(13,14)15/h5-6H,3-4H2,1-2H3. The van der Waals surface area contributed by atoms with Crippen LogP contribution in [0.25, 0.3) is 0 Å². The van der Waals surface area contributed by atoms with Gasteiger partial charge in [0.25, 0.3) is 0 Å². The Morgan fingerprint density at radius 1 is 1.06 bits per heavy atom. The number of rotatable bonds is 4. The Balaban J connectivity index is 4.58. The lowest BCUT2D eigenvalue weighted by Crippen LogP contribution is -2.43. The molecule has 0 bridgehead atoms. The molecule has 0 atom stereocenters. The van der Waals surface area contributed by atoms with Crippen LogP contribution in [0.5, 0.6) is 0 Å². The van der Waals surface area contributed by atoms with Gasteiger partial charge in [-0.05, 0) is 12.3 Å². The molecule has 0 spiro atoms. The Hall–Kier alpha value is -0.950. The molecule has 0 N–H and O–H groups in total. The Labute approximate surface area is 93.9 Å². The molecule has 0 rings (SSSR count). The molecule has 0 saturated heterocycles. The summed E-state index contributed by atoms with van der Waals surface area (Å²) in [5.74, 6) is -6.36. The van der Waals surface area contributed by atoms with Crippen LogP contribution in [0.2, 0.25) is 0 Å². The fourth-order valence-corrected chi connectivity index (χ4v) is 0.931. The quantitative estimate of drug-likeness (QED) is 0.576. The average Bonchev–Trinajstić information content (AvgIpc) is 1.96. The molecule has 0 aliphatic heterocycles. The highest BCUT2D eigenvalue weighted by molar-refractivity contribution is 5.74. The monoisotopic (exact) mass is 266 g/mol. The lowest BCUT2D eigenvalue weighted by Gasteiger charge is -2.21. The molecule has 0 saturated carbocycles. The zero-order valence-corrected chi connectivity index (χ0v) is 9.15. The molecule has 0 radical (unpaired) electrons. The average molecular weight is 266 g/mol. The Morgan fingerprint density at radius 3 is 1.76 bits per heavy atom. The zero-order chi connectivity index (χ0) is 13.9. The predicted octanol–water partition coefficient (Wildman–Crippen LogP) is 3.32. The van der Waals surface area contributed by atoms with Crippen molar-refractivity contribution in [3.63, 3.8) is 0 Å². The first-order valence-electron chi connectivity index (χ1n) is 4.76. The minimum Gasteiger partial charge on any atom is -0.465 e. The van der Waals surface area contributed by atoms with E-state index < -0.39 is 30.8 Å². The van der Waals surface area contributed by atoms with E-state index in [9.17, 15) is 31.1 Å². The molecule has 0 unspecified atom stereocenters. The van der Waals surface area contributed by atoms with Crippen molar-refractivity contribution in [3.05, 3.63) is 0 Å². The summed E-state index contributed by atoms with van der Waals surface area (Å²) in [7, 11) is 0. The SMILES string of the molecule is CC(C)CCOC(=O)C(C(F)(F)F)C(F)(F)F. The van der Waals surface area contributed by atoms with Gasteiger partial charge in [0.05, 0.1) is 6.61 Å². The van der Waals surface area contributed by atoms with Crippen LogP contribution in [0, 0.1) is 11.8 Å². The van der Waals surface area contributed by atoms with Gasteiger partial charge in [-0.1, -0.05) is 13.8 Å². The summed E-state index contributed by atoms with van der Waals surface area (Å²) in [5, 5.41) is 0. The van der Waals surface area contributed by atoms with Gasteiger partial charge in [0.15, 0.2) is 0 Å². The summed E-state index contributed by atoms with van der Waals surface area (Å²) in [6.45, 7) is 2.93. The van der Waals surface area contributed by atoms with E-state index >= 15 is 0 Å². The van der Waals surface area contributed by atoms with Gasteiger partial charge in [-0.25, -0.2) is 0 Å². The number of carbonyl (C=O) groups excluding carboxylic acids is 1. The molecule has 0 heterocycles. The second-order valence-corrected chi connectivity index (χ2v) is 3.87. The first kappa shape index (κ1) is 16.1. The highest BCUT2D eigenvalue weighted by Gasteiger charge is 2.62. The van der Waals surface area contributed by atoms with Crippen molar-refractivity contribution in [1.82, 2.24) is 0 Å². The third kappa shape index (κ3) is 5.78. The molecule has 17 heavy (non-hydrogen) atoms. The van der Waals surface area contributed by atoms with Gasteiger partial charge in [-0.2, -0.15) is 26.3 Å². The smallest absolute Gasteiger partial charge is 0.411 e. The molecular formula is C9H12F6O2. The number of halogens is 6. The normalized spacial score (nSPS) is 13.3. The number of carbonyl (C=O) groups is 1. The number of hydrogen-bond acceptors (Lipinski definition) is 2. The van der Waals surface area contributed by atoms with Gasteiger partial charge in [0.1, 0.15) is 0 Å². The van der Waals surface area contributed by atoms with Crippen molar-refractivity contribution in [3.8, 4) is 0 Å². The molecule has 0 aromatic heterocycles. The lowest BCUT2D eigenvalue weighted by atomic mass is 10.1. The largest absolute Gasteiger partial charge is 0.465 e. The second-order valence-electron chi connectivity index (χ2n) is 3.87. The summed E-state index contributed by atoms with van der Waals surface area (Å²) in [6, 6.07) is 0. The first-order valence-corrected chi connectivity index (χ1v) is 4.76. The van der Waals surface area contributed by atoms with Crippen LogP contribution in [0.15, 0.2) is 0 Å². The van der Waals surface area contributed by atoms with E-state index in [1.807, 2.05) is 0 Å². The summed E-state index contributed by atoms with van der Waals surface area (Å²) in [5.41, 5.74) is 0. The number of alkyl halides is 6. The molecule has 0 aromatic rings. The predicted molar refractivity (Wildman–Crippen MR) is 46.0 cm³/mol. The van der Waals surface area contributed by atoms with E-state index in [-0.39, 0.29) is 12.3 Å². The van der Waals surface area contributed by atoms with E-state index in [1.54, 1.807) is 13.8 Å². The van der Waals surface area contributed by atoms with E-state index in [0.29, 0.717) is 0 Å². The van der Waals surface area contributed by atoms with Crippen molar-refractivity contribution < 1.29 is 35.9 Å². The topological polar surface area (TPSA) is 26.3 Å². The molecule has 0 fully saturated rings. The van der Waals surface area contributed by atoms with Crippen molar-refractivity contribution in [2.45, 2.75) is 32.6 Å². The Morgan fingerprint density at radius 2 is 1.47 bits per heavy atom. The van der Waals surface area contributed by atoms with Gasteiger partial charge in [-0.3, -0.25) is 4.79 Å². The van der Waals surface area contributed by atoms with Gasteiger partial charge in [0.2, 0.25) is 5.92 Å². The maximum atomic E-state index is 12.0. The molecule has 0 aliphatic carbocycles. The first-order chi connectivity index (χ1) is 7.46. The number of ether oxygens (including phenoxy) is 1. The summed E-state index contributed by atoms with van der Waals surface area (Å²) < 4.78 is 76.2. The van der Waals surface area contributed by atoms with Gasteiger partial charge in [-0.15, -0.1) is 0 Å². The Bertz CT molecular complexity index is 241. The van der Waals surface area contributed by atoms with Crippen molar-refractivity contribution in [1.29, 1.82) is 0 Å². The number of esters is 1. The van der Waals surface area contributed by atoms with Crippen LogP contribution in [0.1, 0.15) is 20.3 Å². The van der Waals surface area contributed by atoms with Gasteiger partial charge < -0.3 is 4.74 Å².